The van der Waals surface area contributed by atoms with Crippen LogP contribution in [0.3, 0.4) is 0 Å². The van der Waals surface area contributed by atoms with Gasteiger partial charge in [-0.3, -0.25) is 14.9 Å². The zero-order valence-corrected chi connectivity index (χ0v) is 18.1. The molecule has 0 aliphatic heterocycles. The van der Waals surface area contributed by atoms with Gasteiger partial charge in [0.15, 0.2) is 5.60 Å². The van der Waals surface area contributed by atoms with Crippen molar-refractivity contribution in [3.05, 3.63) is 81.9 Å². The minimum Gasteiger partial charge on any atom is -0.378 e. The number of aromatic nitrogens is 1. The van der Waals surface area contributed by atoms with E-state index in [1.807, 2.05) is 0 Å². The molecule has 2 N–H and O–H groups in total. The van der Waals surface area contributed by atoms with Crippen molar-refractivity contribution in [2.45, 2.75) is 25.2 Å². The Bertz CT molecular complexity index is 1530. The van der Waals surface area contributed by atoms with Gasteiger partial charge in [0.05, 0.1) is 28.7 Å². The molecule has 0 aliphatic carbocycles. The summed E-state index contributed by atoms with van der Waals surface area (Å²) in [5, 5.41) is 34.6. The van der Waals surface area contributed by atoms with Crippen LogP contribution < -0.4 is 5.32 Å². The number of aliphatic hydroxyl groups is 1. The number of amides is 1. The molecule has 3 aromatic carbocycles. The lowest BCUT2D eigenvalue weighted by molar-refractivity contribution is -0.384. The summed E-state index contributed by atoms with van der Waals surface area (Å²) in [4.78, 5) is 23.6. The molecule has 4 aromatic rings. The first kappa shape index (κ1) is 23.7. The average Bonchev–Trinajstić information content (AvgIpc) is 3.11. The largest absolute Gasteiger partial charge is 0.417 e. The van der Waals surface area contributed by atoms with Crippen LogP contribution in [-0.2, 0) is 17.5 Å². The third-order valence-corrected chi connectivity index (χ3v) is 5.63. The van der Waals surface area contributed by atoms with Crippen LogP contribution in [0.5, 0.6) is 0 Å². The van der Waals surface area contributed by atoms with E-state index in [-0.39, 0.29) is 17.9 Å². The first-order valence-electron chi connectivity index (χ1n) is 10.2. The molecule has 178 valence electrons. The number of nitriles is 1. The normalized spacial score (nSPS) is 13.4. The Morgan fingerprint density at radius 3 is 2.46 bits per heavy atom. The molecule has 8 nitrogen and oxygen atoms in total. The molecule has 1 unspecified atom stereocenters. The molecular weight excluding hydrogens is 465 g/mol. The van der Waals surface area contributed by atoms with Crippen molar-refractivity contribution in [3.63, 3.8) is 0 Å². The molecule has 0 saturated heterocycles. The minimum absolute atomic E-state index is 0.119. The SMILES string of the molecule is CC(O)(Cn1c2ccccc2c2cc([N+](=O)[O-])ccc21)C(=O)Nc1ccc(C#N)c(C(F)(F)F)c1. The number of hydrogen-bond acceptors (Lipinski definition) is 5. The number of carbonyl (C=O) groups excluding carboxylic acids is 1. The molecule has 35 heavy (non-hydrogen) atoms. The molecular formula is C24H17F3N4O4. The van der Waals surface area contributed by atoms with Gasteiger partial charge in [-0.2, -0.15) is 18.4 Å². The fraction of sp³-hybridized carbons (Fsp3) is 0.167. The summed E-state index contributed by atoms with van der Waals surface area (Å²) >= 11 is 0. The van der Waals surface area contributed by atoms with Crippen LogP contribution >= 0.6 is 0 Å². The molecule has 1 amide bonds. The first-order valence-corrected chi connectivity index (χ1v) is 10.2. The van der Waals surface area contributed by atoms with Gasteiger partial charge in [0, 0.05) is 39.6 Å². The van der Waals surface area contributed by atoms with Crippen LogP contribution in [-0.4, -0.2) is 26.1 Å². The van der Waals surface area contributed by atoms with Gasteiger partial charge < -0.3 is 15.0 Å². The number of para-hydroxylation sites is 1. The zero-order chi connectivity index (χ0) is 25.5. The van der Waals surface area contributed by atoms with Crippen molar-refractivity contribution in [1.29, 1.82) is 5.26 Å². The number of nitro benzene ring substituents is 1. The fourth-order valence-corrected chi connectivity index (χ4v) is 3.93. The third kappa shape index (κ3) is 4.39. The predicted molar refractivity (Wildman–Crippen MR) is 122 cm³/mol. The standard InChI is InChI=1S/C24H17F3N4O4/c1-23(33,22(32)29-15-7-6-14(12-28)19(10-15)24(25,26)27)13-30-20-5-3-2-4-17(20)18-11-16(31(34)35)8-9-21(18)30/h2-11,33H,13H2,1H3,(H,29,32). The molecule has 1 heterocycles. The number of alkyl halides is 3. The average molecular weight is 482 g/mol. The Morgan fingerprint density at radius 2 is 1.80 bits per heavy atom. The lowest BCUT2D eigenvalue weighted by Gasteiger charge is -2.24. The number of carbonyl (C=O) groups is 1. The predicted octanol–water partition coefficient (Wildman–Crippen LogP) is 4.98. The van der Waals surface area contributed by atoms with E-state index in [9.17, 15) is 33.2 Å². The number of fused-ring (bicyclic) bond motifs is 3. The van der Waals surface area contributed by atoms with Gasteiger partial charge in [-0.25, -0.2) is 0 Å². The van der Waals surface area contributed by atoms with E-state index >= 15 is 0 Å². The molecule has 11 heteroatoms. The molecule has 1 atom stereocenters. The minimum atomic E-state index is -4.81. The first-order chi connectivity index (χ1) is 16.4. The summed E-state index contributed by atoms with van der Waals surface area (Å²) in [6, 6.07) is 15.4. The second kappa shape index (κ2) is 8.41. The topological polar surface area (TPSA) is 121 Å². The molecule has 0 aliphatic rings. The highest BCUT2D eigenvalue weighted by Gasteiger charge is 2.36. The number of non-ortho nitro benzene ring substituents is 1. The maximum atomic E-state index is 13.3. The fourth-order valence-electron chi connectivity index (χ4n) is 3.93. The van der Waals surface area contributed by atoms with E-state index < -0.39 is 33.7 Å². The number of nitrogens with one attached hydrogen (secondary N) is 1. The van der Waals surface area contributed by atoms with Crippen LogP contribution in [0.15, 0.2) is 60.7 Å². The van der Waals surface area contributed by atoms with E-state index in [2.05, 4.69) is 5.32 Å². The quantitative estimate of drug-likeness (QED) is 0.307. The van der Waals surface area contributed by atoms with Gasteiger partial charge in [0.1, 0.15) is 0 Å². The van der Waals surface area contributed by atoms with Gasteiger partial charge in [-0.05, 0) is 37.3 Å². The van der Waals surface area contributed by atoms with E-state index in [1.54, 1.807) is 28.8 Å². The van der Waals surface area contributed by atoms with E-state index in [4.69, 9.17) is 5.26 Å². The summed E-state index contributed by atoms with van der Waals surface area (Å²) in [6.45, 7) is 0.922. The lowest BCUT2D eigenvalue weighted by atomic mass is 10.0. The molecule has 4 rings (SSSR count). The summed E-state index contributed by atoms with van der Waals surface area (Å²) in [7, 11) is 0. The highest BCUT2D eigenvalue weighted by molar-refractivity contribution is 6.09. The van der Waals surface area contributed by atoms with E-state index in [0.717, 1.165) is 12.1 Å². The van der Waals surface area contributed by atoms with Gasteiger partial charge in [0.2, 0.25) is 0 Å². The van der Waals surface area contributed by atoms with Gasteiger partial charge in [-0.1, -0.05) is 18.2 Å². The van der Waals surface area contributed by atoms with Crippen LogP contribution in [0.4, 0.5) is 24.5 Å². The van der Waals surface area contributed by atoms with Crippen molar-refractivity contribution >= 4 is 39.1 Å². The summed E-state index contributed by atoms with van der Waals surface area (Å²) in [5.74, 6) is -0.969. The third-order valence-electron chi connectivity index (χ3n) is 5.63. The molecule has 0 radical (unpaired) electrons. The number of nitrogens with zero attached hydrogens (tertiary/aromatic N) is 3. The summed E-state index contributed by atoms with van der Waals surface area (Å²) in [6.07, 6.45) is -4.81. The van der Waals surface area contributed by atoms with Crippen LogP contribution in [0, 0.1) is 21.4 Å². The van der Waals surface area contributed by atoms with E-state index in [0.29, 0.717) is 27.9 Å². The highest BCUT2D eigenvalue weighted by atomic mass is 19.4. The lowest BCUT2D eigenvalue weighted by Crippen LogP contribution is -2.43. The van der Waals surface area contributed by atoms with Gasteiger partial charge in [-0.15, -0.1) is 0 Å². The second-order valence-corrected chi connectivity index (χ2v) is 8.16. The number of benzene rings is 3. The van der Waals surface area contributed by atoms with Gasteiger partial charge in [0.25, 0.3) is 11.6 Å². The van der Waals surface area contributed by atoms with Crippen molar-refractivity contribution < 1.29 is 28.0 Å². The Labute approximate surface area is 196 Å². The van der Waals surface area contributed by atoms with Crippen molar-refractivity contribution in [3.8, 4) is 6.07 Å². The number of rotatable bonds is 5. The summed E-state index contributed by atoms with van der Waals surface area (Å²) < 4.78 is 41.4. The maximum absolute atomic E-state index is 13.3. The maximum Gasteiger partial charge on any atom is 0.417 e. The smallest absolute Gasteiger partial charge is 0.378 e. The Morgan fingerprint density at radius 1 is 1.11 bits per heavy atom. The number of nitro groups is 1. The summed E-state index contributed by atoms with van der Waals surface area (Å²) in [5.41, 5.74) is -3.10. The Kier molecular flexibility index (Phi) is 5.70. The van der Waals surface area contributed by atoms with E-state index in [1.165, 1.54) is 31.2 Å². The Balaban J connectivity index is 1.70. The highest BCUT2D eigenvalue weighted by Crippen LogP contribution is 2.35. The van der Waals surface area contributed by atoms with Crippen LogP contribution in [0.25, 0.3) is 21.8 Å². The molecule has 0 bridgehead atoms. The molecule has 0 fully saturated rings. The van der Waals surface area contributed by atoms with Crippen molar-refractivity contribution in [2.24, 2.45) is 0 Å². The monoisotopic (exact) mass is 482 g/mol. The Hall–Kier alpha value is -4.43. The number of hydrogen-bond donors (Lipinski definition) is 2. The number of halogens is 3. The van der Waals surface area contributed by atoms with Crippen LogP contribution in [0.1, 0.15) is 18.1 Å². The zero-order valence-electron chi connectivity index (χ0n) is 18.1. The van der Waals surface area contributed by atoms with Gasteiger partial charge >= 0.3 is 6.18 Å². The molecule has 0 saturated carbocycles. The van der Waals surface area contributed by atoms with Crippen molar-refractivity contribution in [1.82, 2.24) is 4.57 Å². The number of anilines is 1. The second-order valence-electron chi connectivity index (χ2n) is 8.16. The molecule has 1 aromatic heterocycles. The molecule has 0 spiro atoms. The van der Waals surface area contributed by atoms with Crippen LogP contribution in [0.2, 0.25) is 0 Å². The van der Waals surface area contributed by atoms with Crippen molar-refractivity contribution in [2.75, 3.05) is 5.32 Å².